The number of ether oxygens (including phenoxy) is 1. The van der Waals surface area contributed by atoms with Gasteiger partial charge >= 0.3 is 5.97 Å². The van der Waals surface area contributed by atoms with Gasteiger partial charge < -0.3 is 10.1 Å². The number of benzene rings is 2. The van der Waals surface area contributed by atoms with Crippen molar-refractivity contribution < 1.29 is 32.1 Å². The van der Waals surface area contributed by atoms with Gasteiger partial charge in [0.25, 0.3) is 11.6 Å². The molecule has 2 aromatic rings. The highest BCUT2D eigenvalue weighted by Gasteiger charge is 2.23. The van der Waals surface area contributed by atoms with Gasteiger partial charge in [0.05, 0.1) is 21.2 Å². The zero-order chi connectivity index (χ0) is 22.6. The molecular weight excluding hydrogens is 445 g/mol. The fourth-order valence-corrected chi connectivity index (χ4v) is 3.54. The number of amides is 1. The van der Waals surface area contributed by atoms with Crippen LogP contribution >= 0.6 is 11.6 Å². The van der Waals surface area contributed by atoms with Crippen molar-refractivity contribution in [1.29, 1.82) is 0 Å². The molecule has 13 heteroatoms. The molecule has 0 fully saturated rings. The van der Waals surface area contributed by atoms with Crippen LogP contribution < -0.4 is 5.32 Å². The number of sulfonamides is 1. The lowest BCUT2D eigenvalue weighted by atomic mass is 10.2. The zero-order valence-electron chi connectivity index (χ0n) is 15.6. The van der Waals surface area contributed by atoms with Crippen LogP contribution in [0.5, 0.6) is 0 Å². The van der Waals surface area contributed by atoms with Gasteiger partial charge in [-0.3, -0.25) is 14.9 Å². The second-order valence-corrected chi connectivity index (χ2v) is 8.51. The summed E-state index contributed by atoms with van der Waals surface area (Å²) in [4.78, 5) is 33.7. The Morgan fingerprint density at radius 3 is 2.50 bits per heavy atom. The number of nitrogens with one attached hydrogen (secondary N) is 1. The average Bonchev–Trinajstić information content (AvgIpc) is 2.67. The second-order valence-electron chi connectivity index (χ2n) is 5.98. The number of anilines is 1. The third-order valence-corrected chi connectivity index (χ3v) is 5.99. The zero-order valence-corrected chi connectivity index (χ0v) is 17.2. The summed E-state index contributed by atoms with van der Waals surface area (Å²) >= 11 is 5.89. The molecule has 0 aromatic heterocycles. The Morgan fingerprint density at radius 1 is 1.23 bits per heavy atom. The number of hydrogen-bond acceptors (Lipinski definition) is 7. The number of carbonyl (C=O) groups is 2. The van der Waals surface area contributed by atoms with Crippen LogP contribution in [0, 0.1) is 15.9 Å². The van der Waals surface area contributed by atoms with Crippen molar-refractivity contribution in [3.63, 3.8) is 0 Å². The average molecular weight is 460 g/mol. The molecule has 0 bridgehead atoms. The van der Waals surface area contributed by atoms with Crippen LogP contribution in [0.2, 0.25) is 5.02 Å². The van der Waals surface area contributed by atoms with Crippen molar-refractivity contribution >= 4 is 44.9 Å². The predicted octanol–water partition coefficient (Wildman–Crippen LogP) is 2.43. The summed E-state index contributed by atoms with van der Waals surface area (Å²) in [5, 5.41) is 12.7. The fraction of sp³-hybridized carbons (Fsp3) is 0.176. The molecule has 0 radical (unpaired) electrons. The SMILES string of the molecule is CN(C)S(=O)(=O)c1cc(C(=O)OCC(=O)Nc2cc([N+](=O)[O-])ccc2F)ccc1Cl. The molecular formula is C17H15ClFN3O7S. The van der Waals surface area contributed by atoms with Crippen molar-refractivity contribution in [2.75, 3.05) is 26.0 Å². The van der Waals surface area contributed by atoms with Gasteiger partial charge in [0, 0.05) is 26.2 Å². The summed E-state index contributed by atoms with van der Waals surface area (Å²) in [6.45, 7) is -0.848. The van der Waals surface area contributed by atoms with E-state index in [1.54, 1.807) is 0 Å². The first kappa shape index (κ1) is 23.2. The Hall–Kier alpha value is -3.09. The van der Waals surface area contributed by atoms with Gasteiger partial charge in [0.1, 0.15) is 10.7 Å². The van der Waals surface area contributed by atoms with Crippen LogP contribution in [0.4, 0.5) is 15.8 Å². The molecule has 1 N–H and O–H groups in total. The molecule has 0 saturated heterocycles. The van der Waals surface area contributed by atoms with E-state index in [2.05, 4.69) is 5.32 Å². The van der Waals surface area contributed by atoms with Gasteiger partial charge in [-0.05, 0) is 24.3 Å². The maximum absolute atomic E-state index is 13.7. The van der Waals surface area contributed by atoms with E-state index in [0.717, 1.165) is 28.6 Å². The van der Waals surface area contributed by atoms with E-state index in [-0.39, 0.29) is 15.5 Å². The minimum atomic E-state index is -3.93. The number of nitro benzene ring substituents is 1. The summed E-state index contributed by atoms with van der Waals surface area (Å²) in [6.07, 6.45) is 0. The highest BCUT2D eigenvalue weighted by Crippen LogP contribution is 2.25. The van der Waals surface area contributed by atoms with Crippen molar-refractivity contribution in [3.8, 4) is 0 Å². The van der Waals surface area contributed by atoms with E-state index in [9.17, 15) is 32.5 Å². The fourth-order valence-electron chi connectivity index (χ4n) is 2.15. The third kappa shape index (κ3) is 5.28. The molecule has 0 saturated carbocycles. The lowest BCUT2D eigenvalue weighted by Gasteiger charge is -2.13. The third-order valence-electron chi connectivity index (χ3n) is 3.69. The minimum absolute atomic E-state index is 0.112. The van der Waals surface area contributed by atoms with E-state index < -0.39 is 50.6 Å². The molecule has 0 heterocycles. The molecule has 30 heavy (non-hydrogen) atoms. The molecule has 0 aliphatic carbocycles. The quantitative estimate of drug-likeness (QED) is 0.381. The monoisotopic (exact) mass is 459 g/mol. The first-order valence-electron chi connectivity index (χ1n) is 8.06. The van der Waals surface area contributed by atoms with E-state index >= 15 is 0 Å². The maximum atomic E-state index is 13.7. The topological polar surface area (TPSA) is 136 Å². The minimum Gasteiger partial charge on any atom is -0.452 e. The van der Waals surface area contributed by atoms with Crippen LogP contribution in [0.25, 0.3) is 0 Å². The van der Waals surface area contributed by atoms with Gasteiger partial charge in [-0.2, -0.15) is 0 Å². The van der Waals surface area contributed by atoms with Crippen molar-refractivity contribution in [2.24, 2.45) is 0 Å². The summed E-state index contributed by atoms with van der Waals surface area (Å²) in [6, 6.07) is 5.93. The van der Waals surface area contributed by atoms with Gasteiger partial charge in [0.2, 0.25) is 10.0 Å². The Bertz CT molecular complexity index is 1120. The van der Waals surface area contributed by atoms with Crippen LogP contribution in [0.15, 0.2) is 41.3 Å². The Labute approximate surface area is 175 Å². The number of halogens is 2. The van der Waals surface area contributed by atoms with Gasteiger partial charge in [-0.25, -0.2) is 21.9 Å². The van der Waals surface area contributed by atoms with Crippen molar-refractivity contribution in [3.05, 3.63) is 62.9 Å². The smallest absolute Gasteiger partial charge is 0.338 e. The second kappa shape index (κ2) is 9.15. The number of esters is 1. The normalized spacial score (nSPS) is 11.2. The highest BCUT2D eigenvalue weighted by atomic mass is 35.5. The molecule has 160 valence electrons. The molecule has 10 nitrogen and oxygen atoms in total. The van der Waals surface area contributed by atoms with Crippen LogP contribution in [0.3, 0.4) is 0 Å². The van der Waals surface area contributed by atoms with Crippen molar-refractivity contribution in [1.82, 2.24) is 4.31 Å². The Morgan fingerprint density at radius 2 is 1.90 bits per heavy atom. The maximum Gasteiger partial charge on any atom is 0.338 e. The van der Waals surface area contributed by atoms with Crippen LogP contribution in [0.1, 0.15) is 10.4 Å². The van der Waals surface area contributed by atoms with Crippen LogP contribution in [-0.4, -0.2) is 50.2 Å². The van der Waals surface area contributed by atoms with Gasteiger partial charge in [0.15, 0.2) is 6.61 Å². The molecule has 0 spiro atoms. The molecule has 2 rings (SSSR count). The molecule has 0 atom stereocenters. The van der Waals surface area contributed by atoms with E-state index in [4.69, 9.17) is 16.3 Å². The summed E-state index contributed by atoms with van der Waals surface area (Å²) in [7, 11) is -1.36. The lowest BCUT2D eigenvalue weighted by molar-refractivity contribution is -0.384. The molecule has 0 unspecified atom stereocenters. The number of hydrogen-bond donors (Lipinski definition) is 1. The molecule has 1 amide bonds. The first-order chi connectivity index (χ1) is 13.9. The van der Waals surface area contributed by atoms with Gasteiger partial charge in [-0.15, -0.1) is 0 Å². The largest absolute Gasteiger partial charge is 0.452 e. The summed E-state index contributed by atoms with van der Waals surface area (Å²) in [5.74, 6) is -2.91. The number of rotatable bonds is 7. The van der Waals surface area contributed by atoms with E-state index in [1.165, 1.54) is 26.2 Å². The summed E-state index contributed by atoms with van der Waals surface area (Å²) < 4.78 is 43.9. The Balaban J connectivity index is 2.10. The number of non-ortho nitro benzene ring substituents is 1. The van der Waals surface area contributed by atoms with Gasteiger partial charge in [-0.1, -0.05) is 11.6 Å². The standard InChI is InChI=1S/C17H15ClFN3O7S/c1-21(2)30(27,28)15-7-10(3-5-12(15)18)17(24)29-9-16(23)20-14-8-11(22(25)26)4-6-13(14)19/h3-8H,9H2,1-2H3,(H,20,23). The highest BCUT2D eigenvalue weighted by molar-refractivity contribution is 7.89. The Kier molecular flexibility index (Phi) is 7.08. The van der Waals surface area contributed by atoms with Crippen LogP contribution in [-0.2, 0) is 19.6 Å². The number of carbonyl (C=O) groups excluding carboxylic acids is 2. The number of nitrogens with zero attached hydrogens (tertiary/aromatic N) is 2. The molecule has 2 aromatic carbocycles. The molecule has 0 aliphatic heterocycles. The summed E-state index contributed by atoms with van der Waals surface area (Å²) in [5.41, 5.74) is -1.09. The molecule has 0 aliphatic rings. The number of nitro groups is 1. The van der Waals surface area contributed by atoms with E-state index in [1.807, 2.05) is 0 Å². The first-order valence-corrected chi connectivity index (χ1v) is 9.88. The van der Waals surface area contributed by atoms with E-state index in [0.29, 0.717) is 0 Å². The van der Waals surface area contributed by atoms with Crippen molar-refractivity contribution in [2.45, 2.75) is 4.90 Å². The lowest BCUT2D eigenvalue weighted by Crippen LogP contribution is -2.23. The predicted molar refractivity (Wildman–Crippen MR) is 104 cm³/mol.